The SMILES string of the molecule is O=C(CCC1CCCNC1)Nc1ccc(F)cc1. The van der Waals surface area contributed by atoms with Crippen LogP contribution in [0.2, 0.25) is 0 Å². The van der Waals surface area contributed by atoms with Gasteiger partial charge in [-0.1, -0.05) is 0 Å². The van der Waals surface area contributed by atoms with E-state index in [2.05, 4.69) is 10.6 Å². The fourth-order valence-electron chi connectivity index (χ4n) is 2.26. The lowest BCUT2D eigenvalue weighted by Gasteiger charge is -2.22. The highest BCUT2D eigenvalue weighted by molar-refractivity contribution is 5.90. The molecular formula is C14H19FN2O. The maximum atomic E-state index is 12.7. The molecule has 2 rings (SSSR count). The summed E-state index contributed by atoms with van der Waals surface area (Å²) in [5.74, 6) is 0.325. The van der Waals surface area contributed by atoms with Crippen molar-refractivity contribution >= 4 is 11.6 Å². The second-order valence-corrected chi connectivity index (χ2v) is 4.81. The van der Waals surface area contributed by atoms with Crippen molar-refractivity contribution in [3.63, 3.8) is 0 Å². The van der Waals surface area contributed by atoms with E-state index in [1.54, 1.807) is 12.1 Å². The minimum atomic E-state index is -0.290. The zero-order valence-electron chi connectivity index (χ0n) is 10.4. The van der Waals surface area contributed by atoms with Crippen LogP contribution in [0.4, 0.5) is 10.1 Å². The van der Waals surface area contributed by atoms with Gasteiger partial charge in [0.05, 0.1) is 0 Å². The molecule has 1 saturated heterocycles. The number of rotatable bonds is 4. The largest absolute Gasteiger partial charge is 0.326 e. The number of piperidine rings is 1. The molecule has 1 heterocycles. The van der Waals surface area contributed by atoms with E-state index < -0.39 is 0 Å². The highest BCUT2D eigenvalue weighted by Gasteiger charge is 2.14. The standard InChI is InChI=1S/C14H19FN2O/c15-12-4-6-13(7-5-12)17-14(18)8-3-11-2-1-9-16-10-11/h4-7,11,16H,1-3,8-10H2,(H,17,18). The maximum Gasteiger partial charge on any atom is 0.224 e. The lowest BCUT2D eigenvalue weighted by Crippen LogP contribution is -2.30. The third kappa shape index (κ3) is 4.11. The predicted molar refractivity (Wildman–Crippen MR) is 69.9 cm³/mol. The monoisotopic (exact) mass is 250 g/mol. The fraction of sp³-hybridized carbons (Fsp3) is 0.500. The average molecular weight is 250 g/mol. The van der Waals surface area contributed by atoms with Gasteiger partial charge in [-0.25, -0.2) is 4.39 Å². The molecule has 1 fully saturated rings. The molecule has 1 atom stereocenters. The molecule has 3 nitrogen and oxygen atoms in total. The van der Waals surface area contributed by atoms with Crippen molar-refractivity contribution in [1.29, 1.82) is 0 Å². The summed E-state index contributed by atoms with van der Waals surface area (Å²) in [6.07, 6.45) is 3.85. The van der Waals surface area contributed by atoms with Crippen molar-refractivity contribution in [1.82, 2.24) is 5.32 Å². The first kappa shape index (κ1) is 13.0. The van der Waals surface area contributed by atoms with Gasteiger partial charge >= 0.3 is 0 Å². The van der Waals surface area contributed by atoms with E-state index in [1.807, 2.05) is 0 Å². The van der Waals surface area contributed by atoms with Crippen LogP contribution in [0, 0.1) is 11.7 Å². The van der Waals surface area contributed by atoms with Crippen LogP contribution in [0.5, 0.6) is 0 Å². The lowest BCUT2D eigenvalue weighted by atomic mass is 9.94. The summed E-state index contributed by atoms with van der Waals surface area (Å²) in [4.78, 5) is 11.7. The van der Waals surface area contributed by atoms with Gasteiger partial charge in [-0.05, 0) is 62.5 Å². The number of hydrogen-bond donors (Lipinski definition) is 2. The minimum Gasteiger partial charge on any atom is -0.326 e. The van der Waals surface area contributed by atoms with E-state index in [4.69, 9.17) is 0 Å². The van der Waals surface area contributed by atoms with Gasteiger partial charge in [0.25, 0.3) is 0 Å². The number of carbonyl (C=O) groups excluding carboxylic acids is 1. The van der Waals surface area contributed by atoms with Crippen molar-refractivity contribution in [2.75, 3.05) is 18.4 Å². The van der Waals surface area contributed by atoms with Crippen molar-refractivity contribution in [3.05, 3.63) is 30.1 Å². The average Bonchev–Trinajstić information content (AvgIpc) is 2.40. The van der Waals surface area contributed by atoms with E-state index in [0.29, 0.717) is 18.0 Å². The Morgan fingerprint density at radius 2 is 2.17 bits per heavy atom. The van der Waals surface area contributed by atoms with Crippen LogP contribution >= 0.6 is 0 Å². The molecule has 1 aromatic carbocycles. The molecule has 0 aromatic heterocycles. The molecular weight excluding hydrogens is 231 g/mol. The van der Waals surface area contributed by atoms with Crippen LogP contribution in [0.25, 0.3) is 0 Å². The van der Waals surface area contributed by atoms with Gasteiger partial charge in [0.1, 0.15) is 5.82 Å². The molecule has 1 aliphatic rings. The highest BCUT2D eigenvalue weighted by atomic mass is 19.1. The normalized spacial score (nSPS) is 19.5. The summed E-state index contributed by atoms with van der Waals surface area (Å²) in [6.45, 7) is 2.11. The summed E-state index contributed by atoms with van der Waals surface area (Å²) in [7, 11) is 0. The van der Waals surface area contributed by atoms with Crippen LogP contribution in [0.1, 0.15) is 25.7 Å². The second-order valence-electron chi connectivity index (χ2n) is 4.81. The first-order valence-electron chi connectivity index (χ1n) is 6.50. The number of nitrogens with one attached hydrogen (secondary N) is 2. The van der Waals surface area contributed by atoms with Crippen molar-refractivity contribution in [2.24, 2.45) is 5.92 Å². The Hall–Kier alpha value is -1.42. The Morgan fingerprint density at radius 3 is 2.83 bits per heavy atom. The number of benzene rings is 1. The van der Waals surface area contributed by atoms with Gasteiger partial charge in [0.15, 0.2) is 0 Å². The summed E-state index contributed by atoms with van der Waals surface area (Å²) >= 11 is 0. The zero-order chi connectivity index (χ0) is 12.8. The molecule has 1 aromatic rings. The molecule has 18 heavy (non-hydrogen) atoms. The molecule has 98 valence electrons. The van der Waals surface area contributed by atoms with Gasteiger partial charge in [0.2, 0.25) is 5.91 Å². The maximum absolute atomic E-state index is 12.7. The number of carbonyl (C=O) groups is 1. The van der Waals surface area contributed by atoms with Gasteiger partial charge in [-0.2, -0.15) is 0 Å². The third-order valence-electron chi connectivity index (χ3n) is 3.31. The summed E-state index contributed by atoms with van der Waals surface area (Å²) in [5.41, 5.74) is 0.656. The summed E-state index contributed by atoms with van der Waals surface area (Å²) < 4.78 is 12.7. The number of anilines is 1. The van der Waals surface area contributed by atoms with E-state index in [0.717, 1.165) is 19.5 Å². The van der Waals surface area contributed by atoms with Gasteiger partial charge in [-0.3, -0.25) is 4.79 Å². The van der Waals surface area contributed by atoms with Crippen LogP contribution in [-0.4, -0.2) is 19.0 Å². The Labute approximate surface area is 107 Å². The van der Waals surface area contributed by atoms with Crippen LogP contribution in [0.3, 0.4) is 0 Å². The minimum absolute atomic E-state index is 0.00665. The molecule has 0 saturated carbocycles. The Balaban J connectivity index is 1.73. The summed E-state index contributed by atoms with van der Waals surface area (Å²) in [5, 5.41) is 6.12. The summed E-state index contributed by atoms with van der Waals surface area (Å²) in [6, 6.07) is 5.85. The second kappa shape index (κ2) is 6.50. The van der Waals surface area contributed by atoms with E-state index in [9.17, 15) is 9.18 Å². The van der Waals surface area contributed by atoms with Crippen LogP contribution < -0.4 is 10.6 Å². The molecule has 0 spiro atoms. The highest BCUT2D eigenvalue weighted by Crippen LogP contribution is 2.16. The van der Waals surface area contributed by atoms with Gasteiger partial charge < -0.3 is 10.6 Å². The first-order valence-corrected chi connectivity index (χ1v) is 6.50. The smallest absolute Gasteiger partial charge is 0.224 e. The van der Waals surface area contributed by atoms with Crippen molar-refractivity contribution in [2.45, 2.75) is 25.7 Å². The molecule has 1 amide bonds. The molecule has 2 N–H and O–H groups in total. The quantitative estimate of drug-likeness (QED) is 0.862. The topological polar surface area (TPSA) is 41.1 Å². The van der Waals surface area contributed by atoms with E-state index >= 15 is 0 Å². The van der Waals surface area contributed by atoms with E-state index in [1.165, 1.54) is 25.0 Å². The molecule has 0 radical (unpaired) electrons. The third-order valence-corrected chi connectivity index (χ3v) is 3.31. The van der Waals surface area contributed by atoms with Gasteiger partial charge in [0, 0.05) is 12.1 Å². The van der Waals surface area contributed by atoms with Crippen molar-refractivity contribution in [3.8, 4) is 0 Å². The van der Waals surface area contributed by atoms with Crippen LogP contribution in [0.15, 0.2) is 24.3 Å². The fourth-order valence-corrected chi connectivity index (χ4v) is 2.26. The first-order chi connectivity index (χ1) is 8.74. The number of hydrogen-bond acceptors (Lipinski definition) is 2. The Bertz CT molecular complexity index is 385. The van der Waals surface area contributed by atoms with Crippen molar-refractivity contribution < 1.29 is 9.18 Å². The molecule has 1 aliphatic heterocycles. The molecule has 1 unspecified atom stereocenters. The van der Waals surface area contributed by atoms with Crippen LogP contribution in [-0.2, 0) is 4.79 Å². The van der Waals surface area contributed by atoms with Gasteiger partial charge in [-0.15, -0.1) is 0 Å². The predicted octanol–water partition coefficient (Wildman–Crippen LogP) is 2.54. The molecule has 0 bridgehead atoms. The Kier molecular flexibility index (Phi) is 4.70. The molecule has 0 aliphatic carbocycles. The Morgan fingerprint density at radius 1 is 1.39 bits per heavy atom. The number of amides is 1. The van der Waals surface area contributed by atoms with E-state index in [-0.39, 0.29) is 11.7 Å². The zero-order valence-corrected chi connectivity index (χ0v) is 10.4. The number of halogens is 1. The lowest BCUT2D eigenvalue weighted by molar-refractivity contribution is -0.116. The molecule has 4 heteroatoms.